The molecular formula is C17H25FN2O. The number of hydrogen-bond acceptors (Lipinski definition) is 2. The lowest BCUT2D eigenvalue weighted by Crippen LogP contribution is -2.40. The summed E-state index contributed by atoms with van der Waals surface area (Å²) in [7, 11) is 0. The highest BCUT2D eigenvalue weighted by atomic mass is 19.1. The minimum Gasteiger partial charge on any atom is -0.353 e. The molecule has 0 saturated heterocycles. The van der Waals surface area contributed by atoms with E-state index in [1.807, 2.05) is 13.0 Å². The number of rotatable bonds is 5. The van der Waals surface area contributed by atoms with E-state index in [0.29, 0.717) is 12.5 Å². The van der Waals surface area contributed by atoms with E-state index in [9.17, 15) is 9.18 Å². The molecule has 116 valence electrons. The van der Waals surface area contributed by atoms with Crippen LogP contribution in [-0.4, -0.2) is 18.0 Å². The zero-order valence-electron chi connectivity index (χ0n) is 12.6. The Hall–Kier alpha value is -1.42. The van der Waals surface area contributed by atoms with E-state index in [2.05, 4.69) is 5.32 Å². The number of nitrogens with two attached hydrogens (primary N) is 1. The standard InChI is InChI=1S/C17H25FN2O/c1-12(9-13-3-2-4-14(18)11-13)10-17(21)20-16-7-5-15(19)6-8-16/h2-4,11-12,15-16H,5-10,19H2,1H3,(H,20,21). The Labute approximate surface area is 126 Å². The van der Waals surface area contributed by atoms with E-state index in [1.54, 1.807) is 6.07 Å². The number of hydrogen-bond donors (Lipinski definition) is 2. The third-order valence-electron chi connectivity index (χ3n) is 4.14. The highest BCUT2D eigenvalue weighted by molar-refractivity contribution is 5.76. The molecule has 1 fully saturated rings. The van der Waals surface area contributed by atoms with Gasteiger partial charge < -0.3 is 11.1 Å². The van der Waals surface area contributed by atoms with Crippen LogP contribution in [0.4, 0.5) is 4.39 Å². The van der Waals surface area contributed by atoms with Crippen LogP contribution < -0.4 is 11.1 Å². The number of nitrogens with one attached hydrogen (secondary N) is 1. The van der Waals surface area contributed by atoms with Gasteiger partial charge in [-0.1, -0.05) is 19.1 Å². The SMILES string of the molecule is CC(CC(=O)NC1CCC(N)CC1)Cc1cccc(F)c1. The predicted molar refractivity (Wildman–Crippen MR) is 82.3 cm³/mol. The molecule has 1 unspecified atom stereocenters. The maximum atomic E-state index is 13.1. The number of halogens is 1. The van der Waals surface area contributed by atoms with E-state index in [0.717, 1.165) is 37.7 Å². The van der Waals surface area contributed by atoms with Crippen molar-refractivity contribution >= 4 is 5.91 Å². The van der Waals surface area contributed by atoms with Crippen molar-refractivity contribution in [1.29, 1.82) is 0 Å². The van der Waals surface area contributed by atoms with Gasteiger partial charge in [-0.2, -0.15) is 0 Å². The normalized spacial score (nSPS) is 23.6. The van der Waals surface area contributed by atoms with Gasteiger partial charge in [0.05, 0.1) is 0 Å². The Morgan fingerprint density at radius 1 is 1.38 bits per heavy atom. The lowest BCUT2D eigenvalue weighted by Gasteiger charge is -2.27. The van der Waals surface area contributed by atoms with Gasteiger partial charge in [-0.05, 0) is 55.7 Å². The number of carbonyl (C=O) groups is 1. The summed E-state index contributed by atoms with van der Waals surface area (Å²) in [6.45, 7) is 2.03. The molecule has 1 aromatic rings. The molecular weight excluding hydrogens is 267 g/mol. The molecule has 1 aliphatic carbocycles. The molecule has 1 aromatic carbocycles. The van der Waals surface area contributed by atoms with Crippen LogP contribution in [0.15, 0.2) is 24.3 Å². The molecule has 0 bridgehead atoms. The highest BCUT2D eigenvalue weighted by Crippen LogP contribution is 2.18. The van der Waals surface area contributed by atoms with Crippen molar-refractivity contribution < 1.29 is 9.18 Å². The van der Waals surface area contributed by atoms with Gasteiger partial charge in [-0.3, -0.25) is 4.79 Å². The van der Waals surface area contributed by atoms with Crippen molar-refractivity contribution in [3.63, 3.8) is 0 Å². The first-order valence-corrected chi connectivity index (χ1v) is 7.82. The van der Waals surface area contributed by atoms with Crippen molar-refractivity contribution in [2.24, 2.45) is 11.7 Å². The van der Waals surface area contributed by atoms with Crippen LogP contribution >= 0.6 is 0 Å². The van der Waals surface area contributed by atoms with Gasteiger partial charge in [0.2, 0.25) is 5.91 Å². The molecule has 1 aliphatic rings. The van der Waals surface area contributed by atoms with E-state index in [-0.39, 0.29) is 23.7 Å². The van der Waals surface area contributed by atoms with Crippen molar-refractivity contribution in [3.8, 4) is 0 Å². The van der Waals surface area contributed by atoms with Crippen LogP contribution in [0, 0.1) is 11.7 Å². The number of amides is 1. The molecule has 2 rings (SSSR count). The maximum absolute atomic E-state index is 13.1. The van der Waals surface area contributed by atoms with Gasteiger partial charge in [0.1, 0.15) is 5.82 Å². The van der Waals surface area contributed by atoms with Crippen LogP contribution in [0.2, 0.25) is 0 Å². The van der Waals surface area contributed by atoms with E-state index >= 15 is 0 Å². The third-order valence-corrected chi connectivity index (χ3v) is 4.14. The van der Waals surface area contributed by atoms with Gasteiger partial charge in [0.15, 0.2) is 0 Å². The molecule has 3 N–H and O–H groups in total. The van der Waals surface area contributed by atoms with Crippen LogP contribution in [-0.2, 0) is 11.2 Å². The second-order valence-electron chi connectivity index (χ2n) is 6.32. The molecule has 1 saturated carbocycles. The molecule has 21 heavy (non-hydrogen) atoms. The fraction of sp³-hybridized carbons (Fsp3) is 0.588. The molecule has 0 heterocycles. The molecule has 1 amide bonds. The first kappa shape index (κ1) is 16.0. The lowest BCUT2D eigenvalue weighted by molar-refractivity contribution is -0.122. The zero-order valence-corrected chi connectivity index (χ0v) is 12.6. The summed E-state index contributed by atoms with van der Waals surface area (Å²) in [5.41, 5.74) is 6.81. The third kappa shape index (κ3) is 5.46. The minimum absolute atomic E-state index is 0.0966. The van der Waals surface area contributed by atoms with Crippen molar-refractivity contribution in [1.82, 2.24) is 5.32 Å². The highest BCUT2D eigenvalue weighted by Gasteiger charge is 2.20. The lowest BCUT2D eigenvalue weighted by atomic mass is 9.91. The Balaban J connectivity index is 1.74. The van der Waals surface area contributed by atoms with E-state index in [1.165, 1.54) is 12.1 Å². The first-order chi connectivity index (χ1) is 10.0. The van der Waals surface area contributed by atoms with Crippen molar-refractivity contribution in [2.45, 2.75) is 57.5 Å². The van der Waals surface area contributed by atoms with Crippen LogP contribution in [0.3, 0.4) is 0 Å². The first-order valence-electron chi connectivity index (χ1n) is 7.82. The molecule has 0 aromatic heterocycles. The summed E-state index contributed by atoms with van der Waals surface area (Å²) in [4.78, 5) is 12.0. The average molecular weight is 292 g/mol. The van der Waals surface area contributed by atoms with Gasteiger partial charge >= 0.3 is 0 Å². The Bertz CT molecular complexity index is 470. The fourth-order valence-electron chi connectivity index (χ4n) is 3.01. The Morgan fingerprint density at radius 3 is 2.76 bits per heavy atom. The van der Waals surface area contributed by atoms with Crippen LogP contribution in [0.5, 0.6) is 0 Å². The minimum atomic E-state index is -0.220. The molecule has 1 atom stereocenters. The summed E-state index contributed by atoms with van der Waals surface area (Å²) in [6, 6.07) is 7.16. The molecule has 0 aliphatic heterocycles. The average Bonchev–Trinajstić information content (AvgIpc) is 2.41. The van der Waals surface area contributed by atoms with Gasteiger partial charge in [0, 0.05) is 18.5 Å². The molecule has 3 nitrogen and oxygen atoms in total. The maximum Gasteiger partial charge on any atom is 0.220 e. The predicted octanol–water partition coefficient (Wildman–Crippen LogP) is 2.78. The summed E-state index contributed by atoms with van der Waals surface area (Å²) in [5, 5.41) is 3.10. The van der Waals surface area contributed by atoms with Crippen LogP contribution in [0.1, 0.15) is 44.6 Å². The largest absolute Gasteiger partial charge is 0.353 e. The van der Waals surface area contributed by atoms with Crippen LogP contribution in [0.25, 0.3) is 0 Å². The van der Waals surface area contributed by atoms with E-state index in [4.69, 9.17) is 5.73 Å². The summed E-state index contributed by atoms with van der Waals surface area (Å²) < 4.78 is 13.1. The van der Waals surface area contributed by atoms with Gasteiger partial charge in [0.25, 0.3) is 0 Å². The number of benzene rings is 1. The van der Waals surface area contributed by atoms with E-state index < -0.39 is 0 Å². The molecule has 0 spiro atoms. The number of carbonyl (C=O) groups excluding carboxylic acids is 1. The fourth-order valence-corrected chi connectivity index (χ4v) is 3.01. The summed E-state index contributed by atoms with van der Waals surface area (Å²) in [5.74, 6) is 0.0831. The van der Waals surface area contributed by atoms with Crippen molar-refractivity contribution in [3.05, 3.63) is 35.6 Å². The smallest absolute Gasteiger partial charge is 0.220 e. The second-order valence-corrected chi connectivity index (χ2v) is 6.32. The zero-order chi connectivity index (χ0) is 15.2. The van der Waals surface area contributed by atoms with Gasteiger partial charge in [-0.15, -0.1) is 0 Å². The summed E-state index contributed by atoms with van der Waals surface area (Å²) in [6.07, 6.45) is 5.14. The molecule has 0 radical (unpaired) electrons. The molecule has 4 heteroatoms. The monoisotopic (exact) mass is 292 g/mol. The Morgan fingerprint density at radius 2 is 2.10 bits per heavy atom. The topological polar surface area (TPSA) is 55.1 Å². The summed E-state index contributed by atoms with van der Waals surface area (Å²) >= 11 is 0. The second kappa shape index (κ2) is 7.55. The quantitative estimate of drug-likeness (QED) is 0.877. The van der Waals surface area contributed by atoms with Gasteiger partial charge in [-0.25, -0.2) is 4.39 Å². The van der Waals surface area contributed by atoms with Crippen molar-refractivity contribution in [2.75, 3.05) is 0 Å². The Kier molecular flexibility index (Phi) is 5.74.